The second kappa shape index (κ2) is 7.80. The standard InChI is InChI=1S/C12H17F3N4O2.ClH/c1-8-6-9(18-21-8)11(20)17-7-10(12(13,14)15)19-4-2-16-3-5-19;/h6,10,16H,2-5,7H2,1H3,(H,17,20);1H. The predicted molar refractivity (Wildman–Crippen MR) is 75.1 cm³/mol. The number of carbonyl (C=O) groups is 1. The Balaban J connectivity index is 0.00000242. The van der Waals surface area contributed by atoms with Crippen LogP contribution in [0.25, 0.3) is 0 Å². The molecule has 1 amide bonds. The maximum atomic E-state index is 13.1. The Labute approximate surface area is 131 Å². The third-order valence-electron chi connectivity index (χ3n) is 3.29. The van der Waals surface area contributed by atoms with Gasteiger partial charge in [-0.3, -0.25) is 9.69 Å². The first kappa shape index (κ1) is 18.7. The molecule has 2 N–H and O–H groups in total. The summed E-state index contributed by atoms with van der Waals surface area (Å²) in [5.41, 5.74) is -0.0197. The normalized spacial score (nSPS) is 17.6. The molecule has 22 heavy (non-hydrogen) atoms. The number of rotatable bonds is 4. The van der Waals surface area contributed by atoms with Crippen molar-refractivity contribution in [2.75, 3.05) is 32.7 Å². The fourth-order valence-electron chi connectivity index (χ4n) is 2.20. The number of piperazine rings is 1. The molecule has 0 radical (unpaired) electrons. The number of alkyl halides is 3. The van der Waals surface area contributed by atoms with E-state index in [4.69, 9.17) is 4.52 Å². The molecule has 1 unspecified atom stereocenters. The summed E-state index contributed by atoms with van der Waals surface area (Å²) >= 11 is 0. The number of hydrogen-bond acceptors (Lipinski definition) is 5. The van der Waals surface area contributed by atoms with E-state index in [1.807, 2.05) is 0 Å². The molecule has 10 heteroatoms. The molecule has 0 aliphatic carbocycles. The van der Waals surface area contributed by atoms with Crippen LogP contribution >= 0.6 is 12.4 Å². The van der Waals surface area contributed by atoms with Crippen molar-refractivity contribution in [3.63, 3.8) is 0 Å². The molecule has 1 aromatic heterocycles. The number of nitrogens with zero attached hydrogens (tertiary/aromatic N) is 2. The summed E-state index contributed by atoms with van der Waals surface area (Å²) < 4.78 is 44.1. The van der Waals surface area contributed by atoms with E-state index in [0.717, 1.165) is 0 Å². The van der Waals surface area contributed by atoms with Gasteiger partial charge in [-0.15, -0.1) is 12.4 Å². The molecule has 6 nitrogen and oxygen atoms in total. The lowest BCUT2D eigenvalue weighted by atomic mass is 10.2. The van der Waals surface area contributed by atoms with Crippen molar-refractivity contribution >= 4 is 18.3 Å². The molecule has 1 atom stereocenters. The zero-order valence-corrected chi connectivity index (χ0v) is 12.8. The van der Waals surface area contributed by atoms with Crippen LogP contribution in [-0.2, 0) is 0 Å². The van der Waals surface area contributed by atoms with E-state index in [2.05, 4.69) is 15.8 Å². The number of carbonyl (C=O) groups excluding carboxylic acids is 1. The Morgan fingerprint density at radius 3 is 2.64 bits per heavy atom. The van der Waals surface area contributed by atoms with Crippen LogP contribution in [0.2, 0.25) is 0 Å². The monoisotopic (exact) mass is 342 g/mol. The quantitative estimate of drug-likeness (QED) is 0.853. The van der Waals surface area contributed by atoms with Gasteiger partial charge in [0.15, 0.2) is 5.69 Å². The average molecular weight is 343 g/mol. The molecule has 0 saturated carbocycles. The van der Waals surface area contributed by atoms with Crippen molar-refractivity contribution < 1.29 is 22.5 Å². The number of amides is 1. The summed E-state index contributed by atoms with van der Waals surface area (Å²) in [6.45, 7) is 2.69. The van der Waals surface area contributed by atoms with Gasteiger partial charge < -0.3 is 15.2 Å². The van der Waals surface area contributed by atoms with E-state index in [0.29, 0.717) is 31.9 Å². The van der Waals surface area contributed by atoms with Crippen molar-refractivity contribution in [3.05, 3.63) is 17.5 Å². The summed E-state index contributed by atoms with van der Waals surface area (Å²) in [5.74, 6) is -0.245. The van der Waals surface area contributed by atoms with E-state index in [1.54, 1.807) is 6.92 Å². The minimum atomic E-state index is -4.40. The molecule has 0 aromatic carbocycles. The van der Waals surface area contributed by atoms with Crippen LogP contribution in [0.5, 0.6) is 0 Å². The lowest BCUT2D eigenvalue weighted by Crippen LogP contribution is -2.57. The zero-order valence-electron chi connectivity index (χ0n) is 11.9. The van der Waals surface area contributed by atoms with Gasteiger partial charge in [-0.25, -0.2) is 0 Å². The lowest BCUT2D eigenvalue weighted by Gasteiger charge is -2.35. The third-order valence-corrected chi connectivity index (χ3v) is 3.29. The molecule has 1 saturated heterocycles. The maximum absolute atomic E-state index is 13.1. The van der Waals surface area contributed by atoms with Gasteiger partial charge in [0.05, 0.1) is 0 Å². The fraction of sp³-hybridized carbons (Fsp3) is 0.667. The second-order valence-corrected chi connectivity index (χ2v) is 4.88. The molecule has 1 aliphatic heterocycles. The summed E-state index contributed by atoms with van der Waals surface area (Å²) in [6.07, 6.45) is -4.40. The van der Waals surface area contributed by atoms with E-state index in [-0.39, 0.29) is 18.1 Å². The van der Waals surface area contributed by atoms with Crippen LogP contribution in [0, 0.1) is 6.92 Å². The van der Waals surface area contributed by atoms with Crippen LogP contribution in [-0.4, -0.2) is 60.9 Å². The molecule has 1 aliphatic rings. The van der Waals surface area contributed by atoms with Gasteiger partial charge >= 0.3 is 6.18 Å². The number of hydrogen-bond donors (Lipinski definition) is 2. The molecular weight excluding hydrogens is 325 g/mol. The predicted octanol–water partition coefficient (Wildman–Crippen LogP) is 0.971. The minimum absolute atomic E-state index is 0. The SMILES string of the molecule is Cc1cc(C(=O)NCC(N2CCNCC2)C(F)(F)F)no1.Cl. The van der Waals surface area contributed by atoms with Gasteiger partial charge in [0, 0.05) is 38.8 Å². The Morgan fingerprint density at radius 1 is 1.50 bits per heavy atom. The number of halogens is 4. The molecule has 1 fully saturated rings. The second-order valence-electron chi connectivity index (χ2n) is 4.88. The van der Waals surface area contributed by atoms with Crippen molar-refractivity contribution in [2.45, 2.75) is 19.1 Å². The molecule has 0 bridgehead atoms. The Bertz CT molecular complexity index is 489. The highest BCUT2D eigenvalue weighted by Crippen LogP contribution is 2.24. The van der Waals surface area contributed by atoms with Gasteiger partial charge in [-0.05, 0) is 6.92 Å². The van der Waals surface area contributed by atoms with E-state index in [9.17, 15) is 18.0 Å². The first-order chi connectivity index (χ1) is 9.88. The molecule has 1 aromatic rings. The van der Waals surface area contributed by atoms with Crippen LogP contribution in [0.15, 0.2) is 10.6 Å². The van der Waals surface area contributed by atoms with E-state index >= 15 is 0 Å². The van der Waals surface area contributed by atoms with Crippen molar-refractivity contribution in [1.29, 1.82) is 0 Å². The summed E-state index contributed by atoms with van der Waals surface area (Å²) in [4.78, 5) is 13.1. The largest absolute Gasteiger partial charge is 0.405 e. The molecule has 2 rings (SSSR count). The van der Waals surface area contributed by atoms with Gasteiger partial charge in [0.2, 0.25) is 0 Å². The van der Waals surface area contributed by atoms with Gasteiger partial charge in [0.25, 0.3) is 5.91 Å². The molecular formula is C12H18ClF3N4O2. The molecule has 126 valence electrons. The Kier molecular flexibility index (Phi) is 6.64. The Hall–Kier alpha value is -1.32. The van der Waals surface area contributed by atoms with Crippen LogP contribution < -0.4 is 10.6 Å². The van der Waals surface area contributed by atoms with E-state index in [1.165, 1.54) is 11.0 Å². The van der Waals surface area contributed by atoms with Gasteiger partial charge in [-0.1, -0.05) is 5.16 Å². The van der Waals surface area contributed by atoms with Crippen LogP contribution in [0.1, 0.15) is 16.2 Å². The number of aryl methyl sites for hydroxylation is 1. The number of aromatic nitrogens is 1. The lowest BCUT2D eigenvalue weighted by molar-refractivity contribution is -0.183. The summed E-state index contributed by atoms with van der Waals surface area (Å²) in [5, 5.41) is 8.74. The minimum Gasteiger partial charge on any atom is -0.361 e. The van der Waals surface area contributed by atoms with Crippen molar-refractivity contribution in [1.82, 2.24) is 20.7 Å². The van der Waals surface area contributed by atoms with Gasteiger partial charge in [-0.2, -0.15) is 13.2 Å². The van der Waals surface area contributed by atoms with Crippen molar-refractivity contribution in [2.24, 2.45) is 0 Å². The molecule has 2 heterocycles. The van der Waals surface area contributed by atoms with Crippen LogP contribution in [0.3, 0.4) is 0 Å². The van der Waals surface area contributed by atoms with Crippen molar-refractivity contribution in [3.8, 4) is 0 Å². The molecule has 0 spiro atoms. The third kappa shape index (κ3) is 4.85. The van der Waals surface area contributed by atoms with Crippen LogP contribution in [0.4, 0.5) is 13.2 Å². The summed E-state index contributed by atoms with van der Waals surface area (Å²) in [7, 11) is 0. The smallest absolute Gasteiger partial charge is 0.361 e. The first-order valence-electron chi connectivity index (χ1n) is 6.61. The average Bonchev–Trinajstić information content (AvgIpc) is 2.85. The van der Waals surface area contributed by atoms with Gasteiger partial charge in [0.1, 0.15) is 11.8 Å². The first-order valence-corrected chi connectivity index (χ1v) is 6.61. The summed E-state index contributed by atoms with van der Waals surface area (Å²) in [6, 6.07) is -0.320. The highest BCUT2D eigenvalue weighted by molar-refractivity contribution is 5.92. The highest BCUT2D eigenvalue weighted by Gasteiger charge is 2.43. The highest BCUT2D eigenvalue weighted by atomic mass is 35.5. The zero-order chi connectivity index (χ0) is 15.5. The maximum Gasteiger partial charge on any atom is 0.405 e. The topological polar surface area (TPSA) is 70.4 Å². The fourth-order valence-corrected chi connectivity index (χ4v) is 2.20. The van der Waals surface area contributed by atoms with E-state index < -0.39 is 24.7 Å². The number of nitrogens with one attached hydrogen (secondary N) is 2. The Morgan fingerprint density at radius 2 is 2.14 bits per heavy atom.